The van der Waals surface area contributed by atoms with Gasteiger partial charge in [0.05, 0.1) is 29.3 Å². The maximum atomic E-state index is 12.5. The zero-order valence-corrected chi connectivity index (χ0v) is 16.0. The Morgan fingerprint density at radius 2 is 1.96 bits per heavy atom. The number of nitrogens with zero attached hydrogens (tertiary/aromatic N) is 6. The molecule has 9 nitrogen and oxygen atoms in total. The van der Waals surface area contributed by atoms with Crippen molar-refractivity contribution in [2.75, 3.05) is 25.6 Å². The van der Waals surface area contributed by atoms with Crippen LogP contribution < -0.4 is 10.6 Å². The molecule has 0 aromatic carbocycles. The van der Waals surface area contributed by atoms with E-state index in [1.54, 1.807) is 23.2 Å². The van der Waals surface area contributed by atoms with Crippen LogP contribution in [0, 0.1) is 0 Å². The summed E-state index contributed by atoms with van der Waals surface area (Å²) in [7, 11) is 3.87. The summed E-state index contributed by atoms with van der Waals surface area (Å²) in [6.07, 6.45) is 6.62. The van der Waals surface area contributed by atoms with Gasteiger partial charge in [0, 0.05) is 39.6 Å². The second kappa shape index (κ2) is 7.43. The molecule has 0 saturated heterocycles. The Morgan fingerprint density at radius 3 is 2.75 bits per heavy atom. The van der Waals surface area contributed by atoms with Crippen molar-refractivity contribution in [2.45, 2.75) is 25.9 Å². The molecule has 0 amide bonds. The second-order valence-corrected chi connectivity index (χ2v) is 6.92. The minimum atomic E-state index is -0.192. The van der Waals surface area contributed by atoms with Gasteiger partial charge >= 0.3 is 5.69 Å². The van der Waals surface area contributed by atoms with Gasteiger partial charge in [-0.05, 0) is 25.0 Å². The number of fused-ring (bicyclic) bond motifs is 2. The van der Waals surface area contributed by atoms with Gasteiger partial charge in [0.25, 0.3) is 0 Å². The van der Waals surface area contributed by atoms with Gasteiger partial charge in [-0.25, -0.2) is 14.8 Å². The summed E-state index contributed by atoms with van der Waals surface area (Å²) in [5, 5.41) is 9.16. The van der Waals surface area contributed by atoms with E-state index in [4.69, 9.17) is 10.1 Å². The Bertz CT molecular complexity index is 1170. The smallest absolute Gasteiger partial charge is 0.326 e. The number of aromatic amines is 1. The number of aromatic nitrogens is 6. The summed E-state index contributed by atoms with van der Waals surface area (Å²) >= 11 is 0. The highest BCUT2D eigenvalue weighted by atomic mass is 16.2. The van der Waals surface area contributed by atoms with E-state index < -0.39 is 0 Å². The fraction of sp³-hybridized carbons (Fsp3) is 0.368. The Morgan fingerprint density at radius 1 is 1.14 bits per heavy atom. The van der Waals surface area contributed by atoms with Gasteiger partial charge in [-0.15, -0.1) is 0 Å². The first kappa shape index (κ1) is 18.2. The summed E-state index contributed by atoms with van der Waals surface area (Å²) < 4.78 is 3.79. The van der Waals surface area contributed by atoms with Gasteiger partial charge in [0.2, 0.25) is 0 Å². The van der Waals surface area contributed by atoms with E-state index in [0.29, 0.717) is 25.0 Å². The third-order valence-electron chi connectivity index (χ3n) is 4.82. The van der Waals surface area contributed by atoms with Crippen LogP contribution in [0.25, 0.3) is 22.1 Å². The van der Waals surface area contributed by atoms with Crippen molar-refractivity contribution < 1.29 is 5.11 Å². The van der Waals surface area contributed by atoms with Crippen molar-refractivity contribution in [1.82, 2.24) is 29.1 Å². The minimum absolute atomic E-state index is 0.154. The molecule has 0 atom stereocenters. The van der Waals surface area contributed by atoms with E-state index >= 15 is 0 Å². The molecule has 4 aromatic rings. The predicted molar refractivity (Wildman–Crippen MR) is 108 cm³/mol. The molecular formula is C19H23N7O2. The van der Waals surface area contributed by atoms with Gasteiger partial charge in [-0.3, -0.25) is 9.55 Å². The largest absolute Gasteiger partial charge is 0.396 e. The lowest BCUT2D eigenvalue weighted by atomic mass is 10.3. The van der Waals surface area contributed by atoms with Crippen molar-refractivity contribution in [3.8, 4) is 0 Å². The van der Waals surface area contributed by atoms with Crippen molar-refractivity contribution in [2.24, 2.45) is 0 Å². The quantitative estimate of drug-likeness (QED) is 0.468. The molecule has 0 spiro atoms. The zero-order chi connectivity index (χ0) is 19.7. The number of anilines is 1. The van der Waals surface area contributed by atoms with E-state index in [1.165, 1.54) is 0 Å². The lowest BCUT2D eigenvalue weighted by Crippen LogP contribution is -2.20. The SMILES string of the molecule is CN(C)c1nccc2c1nc(Cn1c(=O)[nH]c3cnccc31)n2CCCCO. The Hall–Kier alpha value is -3.20. The first-order valence-electron chi connectivity index (χ1n) is 9.25. The van der Waals surface area contributed by atoms with E-state index in [1.807, 2.05) is 31.1 Å². The van der Waals surface area contributed by atoms with Crippen molar-refractivity contribution in [1.29, 1.82) is 0 Å². The molecule has 4 rings (SSSR count). The van der Waals surface area contributed by atoms with Gasteiger partial charge in [-0.2, -0.15) is 0 Å². The van der Waals surface area contributed by atoms with Crippen LogP contribution in [0.4, 0.5) is 5.82 Å². The number of imidazole rings is 2. The van der Waals surface area contributed by atoms with Crippen molar-refractivity contribution in [3.05, 3.63) is 47.0 Å². The van der Waals surface area contributed by atoms with E-state index in [-0.39, 0.29) is 12.3 Å². The molecule has 0 saturated carbocycles. The van der Waals surface area contributed by atoms with Crippen LogP contribution in [0.2, 0.25) is 0 Å². The number of aliphatic hydroxyl groups excluding tert-OH is 1. The van der Waals surface area contributed by atoms with Crippen LogP contribution in [0.1, 0.15) is 18.7 Å². The maximum Gasteiger partial charge on any atom is 0.326 e. The van der Waals surface area contributed by atoms with Crippen LogP contribution in [-0.4, -0.2) is 54.9 Å². The Labute approximate surface area is 161 Å². The van der Waals surface area contributed by atoms with Crippen molar-refractivity contribution in [3.63, 3.8) is 0 Å². The normalized spacial score (nSPS) is 11.5. The summed E-state index contributed by atoms with van der Waals surface area (Å²) in [6, 6.07) is 3.76. The van der Waals surface area contributed by atoms with E-state index in [9.17, 15) is 4.79 Å². The summed E-state index contributed by atoms with van der Waals surface area (Å²) in [6.45, 7) is 1.20. The number of hydrogen-bond donors (Lipinski definition) is 2. The molecule has 2 N–H and O–H groups in total. The average molecular weight is 381 g/mol. The molecule has 0 aliphatic heterocycles. The molecule has 0 fully saturated rings. The third kappa shape index (κ3) is 3.13. The molecule has 0 bridgehead atoms. The number of H-pyrrole nitrogens is 1. The Kier molecular flexibility index (Phi) is 4.82. The second-order valence-electron chi connectivity index (χ2n) is 6.92. The highest BCUT2D eigenvalue weighted by molar-refractivity contribution is 5.86. The topological polar surface area (TPSA) is 105 Å². The monoisotopic (exact) mass is 381 g/mol. The van der Waals surface area contributed by atoms with Gasteiger partial charge in [0.15, 0.2) is 5.82 Å². The van der Waals surface area contributed by atoms with Gasteiger partial charge < -0.3 is 19.6 Å². The zero-order valence-electron chi connectivity index (χ0n) is 16.0. The van der Waals surface area contributed by atoms with Crippen LogP contribution in [0.5, 0.6) is 0 Å². The first-order chi connectivity index (χ1) is 13.6. The molecule has 0 aliphatic carbocycles. The highest BCUT2D eigenvalue weighted by Crippen LogP contribution is 2.25. The maximum absolute atomic E-state index is 12.5. The van der Waals surface area contributed by atoms with Crippen LogP contribution in [-0.2, 0) is 13.1 Å². The average Bonchev–Trinajstić information content (AvgIpc) is 3.19. The number of aliphatic hydroxyl groups is 1. The summed E-state index contributed by atoms with van der Waals surface area (Å²) in [5.74, 6) is 1.57. The molecule has 4 aromatic heterocycles. The standard InChI is InChI=1S/C19H23N7O2/c1-24(2)18-17-15(6-8-21-18)25(9-3-4-10-27)16(23-17)12-26-14-5-7-20-11-13(14)22-19(26)28/h5-8,11,27H,3-4,9-10,12H2,1-2H3,(H,22,28). The van der Waals surface area contributed by atoms with Gasteiger partial charge in [0.1, 0.15) is 11.3 Å². The lowest BCUT2D eigenvalue weighted by Gasteiger charge is -2.12. The summed E-state index contributed by atoms with van der Waals surface area (Å²) in [5.41, 5.74) is 3.08. The highest BCUT2D eigenvalue weighted by Gasteiger charge is 2.17. The van der Waals surface area contributed by atoms with E-state index in [0.717, 1.165) is 34.6 Å². The molecule has 4 heterocycles. The molecule has 0 unspecified atom stereocenters. The molecule has 9 heteroatoms. The number of nitrogens with one attached hydrogen (secondary N) is 1. The van der Waals surface area contributed by atoms with E-state index in [2.05, 4.69) is 19.5 Å². The van der Waals surface area contributed by atoms with Crippen LogP contribution in [0.15, 0.2) is 35.5 Å². The van der Waals surface area contributed by atoms with Crippen LogP contribution in [0.3, 0.4) is 0 Å². The minimum Gasteiger partial charge on any atom is -0.396 e. The molecular weight excluding hydrogens is 358 g/mol. The third-order valence-corrected chi connectivity index (χ3v) is 4.82. The van der Waals surface area contributed by atoms with Crippen LogP contribution >= 0.6 is 0 Å². The molecule has 28 heavy (non-hydrogen) atoms. The first-order valence-corrected chi connectivity index (χ1v) is 9.25. The van der Waals surface area contributed by atoms with Gasteiger partial charge in [-0.1, -0.05) is 0 Å². The molecule has 0 aliphatic rings. The fourth-order valence-electron chi connectivity index (χ4n) is 3.48. The fourth-order valence-corrected chi connectivity index (χ4v) is 3.48. The predicted octanol–water partition coefficient (Wildman–Crippen LogP) is 1.36. The number of hydrogen-bond acceptors (Lipinski definition) is 6. The number of rotatable bonds is 7. The number of unbranched alkanes of at least 4 members (excludes halogenated alkanes) is 1. The molecule has 0 radical (unpaired) electrons. The molecule has 146 valence electrons. The lowest BCUT2D eigenvalue weighted by molar-refractivity contribution is 0.281. The van der Waals surface area contributed by atoms with Crippen molar-refractivity contribution >= 4 is 27.9 Å². The Balaban J connectivity index is 1.84. The number of pyridine rings is 2. The summed E-state index contributed by atoms with van der Waals surface area (Å²) in [4.78, 5) is 30.6. The number of aryl methyl sites for hydroxylation is 1.